The fourth-order valence-corrected chi connectivity index (χ4v) is 3.33. The van der Waals surface area contributed by atoms with Gasteiger partial charge in [0.25, 0.3) is 5.91 Å². The monoisotopic (exact) mass is 362 g/mol. The Morgan fingerprint density at radius 3 is 2.52 bits per heavy atom. The van der Waals surface area contributed by atoms with Crippen molar-refractivity contribution in [1.29, 1.82) is 0 Å². The van der Waals surface area contributed by atoms with E-state index in [-0.39, 0.29) is 5.91 Å². The van der Waals surface area contributed by atoms with Crippen LogP contribution < -0.4 is 5.32 Å². The van der Waals surface area contributed by atoms with Crippen LogP contribution in [0.25, 0.3) is 16.6 Å². The largest absolute Gasteiger partial charge is 0.340 e. The van der Waals surface area contributed by atoms with Gasteiger partial charge in [-0.3, -0.25) is 4.79 Å². The van der Waals surface area contributed by atoms with Crippen LogP contribution in [0.3, 0.4) is 0 Å². The van der Waals surface area contributed by atoms with Gasteiger partial charge in [0.2, 0.25) is 0 Å². The van der Waals surface area contributed by atoms with Crippen LogP contribution in [-0.4, -0.2) is 20.3 Å². The highest BCUT2D eigenvalue weighted by molar-refractivity contribution is 6.06. The topological polar surface area (TPSA) is 51.9 Å². The summed E-state index contributed by atoms with van der Waals surface area (Å²) < 4.78 is 18.0. The molecule has 0 unspecified atom stereocenters. The Bertz CT molecular complexity index is 1170. The summed E-state index contributed by atoms with van der Waals surface area (Å²) in [4.78, 5) is 12.7. The molecule has 0 spiro atoms. The quantitative estimate of drug-likeness (QED) is 0.588. The number of aryl methyl sites for hydroxylation is 3. The fraction of sp³-hybridized carbons (Fsp3) is 0.143. The minimum atomic E-state index is -0.448. The van der Waals surface area contributed by atoms with E-state index in [0.29, 0.717) is 17.1 Å². The molecule has 4 aromatic rings. The summed E-state index contributed by atoms with van der Waals surface area (Å²) in [6.07, 6.45) is 0. The molecule has 2 heterocycles. The lowest BCUT2D eigenvalue weighted by Crippen LogP contribution is -2.16. The summed E-state index contributed by atoms with van der Waals surface area (Å²) in [5, 5.41) is 8.05. The van der Waals surface area contributed by atoms with Gasteiger partial charge >= 0.3 is 0 Å². The second-order valence-corrected chi connectivity index (χ2v) is 6.61. The lowest BCUT2D eigenvalue weighted by Gasteiger charge is -2.10. The molecule has 0 saturated heterocycles. The molecule has 0 aliphatic rings. The molecule has 0 fully saturated rings. The number of nitrogens with zero attached hydrogens (tertiary/aromatic N) is 3. The second kappa shape index (κ2) is 6.39. The lowest BCUT2D eigenvalue weighted by atomic mass is 10.2. The first-order valence-electron chi connectivity index (χ1n) is 8.63. The number of rotatable bonds is 3. The third kappa shape index (κ3) is 2.99. The van der Waals surface area contributed by atoms with E-state index < -0.39 is 5.82 Å². The van der Waals surface area contributed by atoms with Gasteiger partial charge in [-0.15, -0.1) is 0 Å². The highest BCUT2D eigenvalue weighted by atomic mass is 19.1. The average Bonchev–Trinajstić information content (AvgIpc) is 3.14. The first-order chi connectivity index (χ1) is 12.9. The third-order valence-corrected chi connectivity index (χ3v) is 4.63. The number of halogens is 1. The molecular weight excluding hydrogens is 343 g/mol. The Balaban J connectivity index is 1.62. The SMILES string of the molecule is Cc1cc(C)n(-c2ccc(NC(=O)c3cc4ccccc4n3C)cc2F)n1. The van der Waals surface area contributed by atoms with Gasteiger partial charge in [0, 0.05) is 29.3 Å². The summed E-state index contributed by atoms with van der Waals surface area (Å²) in [5.74, 6) is -0.733. The number of hydrogen-bond donors (Lipinski definition) is 1. The first kappa shape index (κ1) is 17.0. The maximum Gasteiger partial charge on any atom is 0.272 e. The molecule has 2 aromatic carbocycles. The minimum absolute atomic E-state index is 0.285. The molecule has 0 aliphatic carbocycles. The molecule has 1 amide bonds. The average molecular weight is 362 g/mol. The van der Waals surface area contributed by atoms with E-state index in [9.17, 15) is 9.18 Å². The maximum atomic E-state index is 14.6. The molecule has 0 saturated carbocycles. The van der Waals surface area contributed by atoms with Crippen LogP contribution in [0.4, 0.5) is 10.1 Å². The predicted octanol–water partition coefficient (Wildman–Crippen LogP) is 4.37. The van der Waals surface area contributed by atoms with Crippen molar-refractivity contribution in [3.63, 3.8) is 0 Å². The van der Waals surface area contributed by atoms with Crippen molar-refractivity contribution in [2.75, 3.05) is 5.32 Å². The molecular formula is C21H19FN4O. The summed E-state index contributed by atoms with van der Waals surface area (Å²) in [6.45, 7) is 3.73. The summed E-state index contributed by atoms with van der Waals surface area (Å²) >= 11 is 0. The van der Waals surface area contributed by atoms with Crippen LogP contribution in [0.15, 0.2) is 54.6 Å². The molecule has 2 aromatic heterocycles. The van der Waals surface area contributed by atoms with E-state index >= 15 is 0 Å². The smallest absolute Gasteiger partial charge is 0.272 e. The van der Waals surface area contributed by atoms with Crippen LogP contribution in [0, 0.1) is 19.7 Å². The Kier molecular flexibility index (Phi) is 4.03. The highest BCUT2D eigenvalue weighted by Crippen LogP contribution is 2.22. The van der Waals surface area contributed by atoms with E-state index in [1.165, 1.54) is 6.07 Å². The van der Waals surface area contributed by atoms with Crippen molar-refractivity contribution in [1.82, 2.24) is 14.3 Å². The molecule has 4 rings (SSSR count). The number of aromatic nitrogens is 3. The van der Waals surface area contributed by atoms with E-state index in [2.05, 4.69) is 10.4 Å². The molecule has 1 N–H and O–H groups in total. The van der Waals surface area contributed by atoms with Crippen LogP contribution in [0.2, 0.25) is 0 Å². The number of nitrogens with one attached hydrogen (secondary N) is 1. The maximum absolute atomic E-state index is 14.6. The number of fused-ring (bicyclic) bond motifs is 1. The Morgan fingerprint density at radius 1 is 1.07 bits per heavy atom. The summed E-state index contributed by atoms with van der Waals surface area (Å²) in [6, 6.07) is 16.1. The number of anilines is 1. The van der Waals surface area contributed by atoms with E-state index in [0.717, 1.165) is 22.3 Å². The molecule has 5 nitrogen and oxygen atoms in total. The van der Waals surface area contributed by atoms with Crippen LogP contribution in [0.5, 0.6) is 0 Å². The lowest BCUT2D eigenvalue weighted by molar-refractivity contribution is 0.101. The number of benzene rings is 2. The van der Waals surface area contributed by atoms with Gasteiger partial charge in [0.15, 0.2) is 5.82 Å². The van der Waals surface area contributed by atoms with Gasteiger partial charge in [-0.1, -0.05) is 18.2 Å². The molecule has 6 heteroatoms. The van der Waals surface area contributed by atoms with Crippen molar-refractivity contribution in [2.45, 2.75) is 13.8 Å². The van der Waals surface area contributed by atoms with Gasteiger partial charge in [-0.2, -0.15) is 5.10 Å². The number of carbonyl (C=O) groups excluding carboxylic acids is 1. The van der Waals surface area contributed by atoms with E-state index in [4.69, 9.17) is 0 Å². The normalized spacial score (nSPS) is 11.1. The number of amides is 1. The zero-order chi connectivity index (χ0) is 19.1. The van der Waals surface area contributed by atoms with Gasteiger partial charge in [-0.05, 0) is 50.2 Å². The molecule has 0 atom stereocenters. The van der Waals surface area contributed by atoms with Crippen LogP contribution in [-0.2, 0) is 7.05 Å². The molecule has 136 valence electrons. The Labute approximate surface area is 156 Å². The Hall–Kier alpha value is -3.41. The van der Waals surface area contributed by atoms with E-state index in [1.807, 2.05) is 61.9 Å². The second-order valence-electron chi connectivity index (χ2n) is 6.61. The fourth-order valence-electron chi connectivity index (χ4n) is 3.33. The molecule has 0 aliphatic heterocycles. The first-order valence-corrected chi connectivity index (χ1v) is 8.63. The highest BCUT2D eigenvalue weighted by Gasteiger charge is 2.15. The van der Waals surface area contributed by atoms with Crippen molar-refractivity contribution >= 4 is 22.5 Å². The summed E-state index contributed by atoms with van der Waals surface area (Å²) in [7, 11) is 1.84. The van der Waals surface area contributed by atoms with Gasteiger partial charge in [0.1, 0.15) is 11.4 Å². The van der Waals surface area contributed by atoms with Gasteiger partial charge in [0.05, 0.1) is 5.69 Å². The van der Waals surface area contributed by atoms with Crippen molar-refractivity contribution in [2.24, 2.45) is 7.05 Å². The molecule has 0 bridgehead atoms. The third-order valence-electron chi connectivity index (χ3n) is 4.63. The molecule has 27 heavy (non-hydrogen) atoms. The van der Waals surface area contributed by atoms with Crippen LogP contribution >= 0.6 is 0 Å². The van der Waals surface area contributed by atoms with Gasteiger partial charge in [-0.25, -0.2) is 9.07 Å². The van der Waals surface area contributed by atoms with Crippen molar-refractivity contribution in [3.8, 4) is 5.69 Å². The van der Waals surface area contributed by atoms with Crippen LogP contribution in [0.1, 0.15) is 21.9 Å². The zero-order valence-electron chi connectivity index (χ0n) is 15.3. The van der Waals surface area contributed by atoms with Crippen molar-refractivity contribution < 1.29 is 9.18 Å². The van der Waals surface area contributed by atoms with Gasteiger partial charge < -0.3 is 9.88 Å². The van der Waals surface area contributed by atoms with E-state index in [1.54, 1.807) is 16.8 Å². The Morgan fingerprint density at radius 2 is 1.85 bits per heavy atom. The number of para-hydroxylation sites is 1. The number of hydrogen-bond acceptors (Lipinski definition) is 2. The molecule has 0 radical (unpaired) electrons. The number of carbonyl (C=O) groups is 1. The van der Waals surface area contributed by atoms with Crippen molar-refractivity contribution in [3.05, 3.63) is 77.5 Å². The standard InChI is InChI=1S/C21H19FN4O/c1-13-10-14(2)26(24-13)19-9-8-16(12-17(19)22)23-21(27)20-11-15-6-4-5-7-18(15)25(20)3/h4-12H,1-3H3,(H,23,27). The predicted molar refractivity (Wildman–Crippen MR) is 104 cm³/mol. The minimum Gasteiger partial charge on any atom is -0.340 e. The zero-order valence-corrected chi connectivity index (χ0v) is 15.3. The summed E-state index contributed by atoms with van der Waals surface area (Å²) in [5.41, 5.74) is 3.89.